The second-order valence-electron chi connectivity index (χ2n) is 4.83. The Labute approximate surface area is 106 Å². The minimum absolute atomic E-state index is 0.0359. The molecular formula is C15H16O3. The van der Waals surface area contributed by atoms with Gasteiger partial charge in [-0.25, -0.2) is 0 Å². The van der Waals surface area contributed by atoms with Crippen molar-refractivity contribution in [3.8, 4) is 0 Å². The van der Waals surface area contributed by atoms with Crippen molar-refractivity contribution >= 4 is 11.8 Å². The molecule has 18 heavy (non-hydrogen) atoms. The van der Waals surface area contributed by atoms with Crippen LogP contribution >= 0.6 is 0 Å². The van der Waals surface area contributed by atoms with Gasteiger partial charge < -0.3 is 5.11 Å². The third kappa shape index (κ3) is 2.08. The normalized spacial score (nSPS) is 27.2. The van der Waals surface area contributed by atoms with Crippen LogP contribution in [0.25, 0.3) is 0 Å². The number of Topliss-reactive ketones (excluding diaryl/α,β-unsaturated/α-hetero) is 1. The van der Waals surface area contributed by atoms with Crippen LogP contribution in [0.4, 0.5) is 0 Å². The summed E-state index contributed by atoms with van der Waals surface area (Å²) in [4.78, 5) is 23.1. The van der Waals surface area contributed by atoms with Gasteiger partial charge in [0.25, 0.3) is 0 Å². The van der Waals surface area contributed by atoms with E-state index >= 15 is 0 Å². The fraction of sp³-hybridized carbons (Fsp3) is 0.333. The molecule has 0 aromatic heterocycles. The van der Waals surface area contributed by atoms with E-state index in [4.69, 9.17) is 0 Å². The first-order chi connectivity index (χ1) is 8.52. The third-order valence-corrected chi connectivity index (χ3v) is 3.69. The molecule has 0 radical (unpaired) electrons. The molecule has 1 N–H and O–H groups in total. The average molecular weight is 244 g/mol. The van der Waals surface area contributed by atoms with E-state index in [9.17, 15) is 14.7 Å². The second-order valence-corrected chi connectivity index (χ2v) is 4.83. The van der Waals surface area contributed by atoms with E-state index in [0.29, 0.717) is 12.0 Å². The van der Waals surface area contributed by atoms with Crippen molar-refractivity contribution in [2.75, 3.05) is 0 Å². The molecule has 1 saturated carbocycles. The molecule has 3 heteroatoms. The van der Waals surface area contributed by atoms with Crippen LogP contribution in [0.1, 0.15) is 24.8 Å². The van der Waals surface area contributed by atoms with Crippen LogP contribution in [0.3, 0.4) is 0 Å². The Morgan fingerprint density at radius 1 is 1.28 bits per heavy atom. The van der Waals surface area contributed by atoms with Gasteiger partial charge in [-0.2, -0.15) is 0 Å². The number of rotatable bonds is 3. The zero-order valence-electron chi connectivity index (χ0n) is 10.3. The maximum absolute atomic E-state index is 11.7. The summed E-state index contributed by atoms with van der Waals surface area (Å²) in [6.45, 7) is 5.36. The topological polar surface area (TPSA) is 54.4 Å². The van der Waals surface area contributed by atoms with Gasteiger partial charge in [-0.1, -0.05) is 42.5 Å². The van der Waals surface area contributed by atoms with Gasteiger partial charge in [0.05, 0.1) is 5.92 Å². The minimum Gasteiger partial charge on any atom is -0.481 e. The largest absolute Gasteiger partial charge is 0.481 e. The van der Waals surface area contributed by atoms with E-state index in [-0.39, 0.29) is 17.6 Å². The van der Waals surface area contributed by atoms with E-state index in [1.807, 2.05) is 30.3 Å². The van der Waals surface area contributed by atoms with Crippen molar-refractivity contribution in [3.63, 3.8) is 0 Å². The number of carbonyl (C=O) groups excluding carboxylic acids is 1. The number of hydrogen-bond acceptors (Lipinski definition) is 2. The molecule has 2 rings (SSSR count). The molecule has 0 aliphatic heterocycles. The molecular weight excluding hydrogens is 228 g/mol. The van der Waals surface area contributed by atoms with Crippen LogP contribution in [0.2, 0.25) is 0 Å². The maximum Gasteiger partial charge on any atom is 0.311 e. The Hall–Kier alpha value is -1.90. The molecule has 0 amide bonds. The molecule has 0 bridgehead atoms. The molecule has 1 aromatic carbocycles. The van der Waals surface area contributed by atoms with Gasteiger partial charge in [0.2, 0.25) is 0 Å². The van der Waals surface area contributed by atoms with E-state index in [2.05, 4.69) is 6.58 Å². The summed E-state index contributed by atoms with van der Waals surface area (Å²) >= 11 is 0. The quantitative estimate of drug-likeness (QED) is 0.831. The van der Waals surface area contributed by atoms with Gasteiger partial charge in [0, 0.05) is 11.8 Å². The molecule has 0 saturated heterocycles. The van der Waals surface area contributed by atoms with E-state index in [1.54, 1.807) is 0 Å². The van der Waals surface area contributed by atoms with E-state index in [1.165, 1.54) is 6.92 Å². The summed E-state index contributed by atoms with van der Waals surface area (Å²) in [5.74, 6) is -2.05. The van der Waals surface area contributed by atoms with Crippen LogP contribution in [0.15, 0.2) is 42.5 Å². The highest BCUT2D eigenvalue weighted by molar-refractivity contribution is 5.85. The Morgan fingerprint density at radius 3 is 2.39 bits per heavy atom. The van der Waals surface area contributed by atoms with Crippen LogP contribution in [0, 0.1) is 11.8 Å². The monoisotopic (exact) mass is 244 g/mol. The number of carboxylic acids is 1. The van der Waals surface area contributed by atoms with Crippen molar-refractivity contribution in [1.29, 1.82) is 0 Å². The number of ketones is 1. The van der Waals surface area contributed by atoms with Gasteiger partial charge >= 0.3 is 5.97 Å². The van der Waals surface area contributed by atoms with Crippen LogP contribution in [-0.2, 0) is 9.59 Å². The van der Waals surface area contributed by atoms with Crippen LogP contribution in [-0.4, -0.2) is 16.9 Å². The SMILES string of the molecule is C=C1C[C@H](C(C)=O)[C@@H](c2ccccc2)C1C(=O)O. The lowest BCUT2D eigenvalue weighted by Gasteiger charge is -2.21. The molecule has 3 atom stereocenters. The maximum atomic E-state index is 11.7. The third-order valence-electron chi connectivity index (χ3n) is 3.69. The molecule has 3 nitrogen and oxygen atoms in total. The molecule has 1 aliphatic rings. The first-order valence-electron chi connectivity index (χ1n) is 5.98. The molecule has 1 fully saturated rings. The number of hydrogen-bond donors (Lipinski definition) is 1. The van der Waals surface area contributed by atoms with Crippen molar-refractivity contribution in [1.82, 2.24) is 0 Å². The molecule has 1 aromatic rings. The average Bonchev–Trinajstić information content (AvgIpc) is 2.68. The Balaban J connectivity index is 2.46. The van der Waals surface area contributed by atoms with Crippen LogP contribution in [0.5, 0.6) is 0 Å². The van der Waals surface area contributed by atoms with Gasteiger partial charge in [0.15, 0.2) is 0 Å². The highest BCUT2D eigenvalue weighted by atomic mass is 16.4. The van der Waals surface area contributed by atoms with Crippen LogP contribution < -0.4 is 0 Å². The van der Waals surface area contributed by atoms with Crippen molar-refractivity contribution < 1.29 is 14.7 Å². The number of benzene rings is 1. The lowest BCUT2D eigenvalue weighted by Crippen LogP contribution is -2.24. The molecule has 0 spiro atoms. The fourth-order valence-electron chi connectivity index (χ4n) is 2.85. The Kier molecular flexibility index (Phi) is 3.32. The number of aliphatic carboxylic acids is 1. The summed E-state index contributed by atoms with van der Waals surface area (Å²) in [6.07, 6.45) is 0.478. The fourth-order valence-corrected chi connectivity index (χ4v) is 2.85. The summed E-state index contributed by atoms with van der Waals surface area (Å²) in [7, 11) is 0. The zero-order chi connectivity index (χ0) is 13.3. The van der Waals surface area contributed by atoms with Crippen molar-refractivity contribution in [2.45, 2.75) is 19.3 Å². The predicted molar refractivity (Wildman–Crippen MR) is 68.2 cm³/mol. The summed E-state index contributed by atoms with van der Waals surface area (Å²) in [6, 6.07) is 9.38. The van der Waals surface area contributed by atoms with Gasteiger partial charge in [-0.05, 0) is 18.9 Å². The molecule has 0 heterocycles. The molecule has 94 valence electrons. The first kappa shape index (κ1) is 12.6. The smallest absolute Gasteiger partial charge is 0.311 e. The highest BCUT2D eigenvalue weighted by Crippen LogP contribution is 2.47. The predicted octanol–water partition coefficient (Wildman–Crippen LogP) is 2.64. The highest BCUT2D eigenvalue weighted by Gasteiger charge is 2.45. The van der Waals surface area contributed by atoms with Crippen molar-refractivity contribution in [3.05, 3.63) is 48.0 Å². The number of carboxylic acid groups (broad SMARTS) is 1. The van der Waals surface area contributed by atoms with E-state index in [0.717, 1.165) is 5.56 Å². The van der Waals surface area contributed by atoms with Gasteiger partial charge in [-0.3, -0.25) is 9.59 Å². The number of carbonyl (C=O) groups is 2. The summed E-state index contributed by atoms with van der Waals surface area (Å²) in [5.41, 5.74) is 1.56. The lowest BCUT2D eigenvalue weighted by atomic mass is 9.81. The van der Waals surface area contributed by atoms with Crippen molar-refractivity contribution in [2.24, 2.45) is 11.8 Å². The standard InChI is InChI=1S/C15H16O3/c1-9-8-12(10(2)16)14(13(9)15(17)18)11-6-4-3-5-7-11/h3-7,12-14H,1,8H2,2H3,(H,17,18)/t12-,13?,14-/m1/s1. The van der Waals surface area contributed by atoms with E-state index < -0.39 is 11.9 Å². The lowest BCUT2D eigenvalue weighted by molar-refractivity contribution is -0.140. The Bertz CT molecular complexity index is 490. The zero-order valence-corrected chi connectivity index (χ0v) is 10.3. The molecule has 1 aliphatic carbocycles. The van der Waals surface area contributed by atoms with Gasteiger partial charge in [0.1, 0.15) is 5.78 Å². The Morgan fingerprint density at radius 2 is 1.89 bits per heavy atom. The summed E-state index contributed by atoms with van der Waals surface area (Å²) in [5, 5.41) is 9.34. The molecule has 1 unspecified atom stereocenters. The first-order valence-corrected chi connectivity index (χ1v) is 5.98. The summed E-state index contributed by atoms with van der Waals surface area (Å²) < 4.78 is 0. The minimum atomic E-state index is -0.891. The van der Waals surface area contributed by atoms with Gasteiger partial charge in [-0.15, -0.1) is 0 Å². The second kappa shape index (κ2) is 4.77.